The average molecular weight is 288 g/mol. The quantitative estimate of drug-likeness (QED) is 0.887. The van der Waals surface area contributed by atoms with Gasteiger partial charge in [0.2, 0.25) is 0 Å². The first-order valence-electron chi connectivity index (χ1n) is 7.03. The summed E-state index contributed by atoms with van der Waals surface area (Å²) in [5, 5.41) is 12.8. The maximum Gasteiger partial charge on any atom is 0.326 e. The number of nitrogens with one attached hydrogen (secondary N) is 1. The van der Waals surface area contributed by atoms with Crippen LogP contribution in [0.15, 0.2) is 30.3 Å². The minimum Gasteiger partial charge on any atom is -0.480 e. The molecule has 0 aliphatic carbocycles. The highest BCUT2D eigenvalue weighted by Crippen LogP contribution is 2.18. The van der Waals surface area contributed by atoms with Crippen molar-refractivity contribution >= 4 is 22.8 Å². The van der Waals surface area contributed by atoms with E-state index in [2.05, 4.69) is 5.32 Å². The molecule has 0 aliphatic rings. The van der Waals surface area contributed by atoms with Crippen molar-refractivity contribution in [1.82, 2.24) is 9.88 Å². The summed E-state index contributed by atoms with van der Waals surface area (Å²) in [6, 6.07) is 8.57. The monoisotopic (exact) mass is 288 g/mol. The largest absolute Gasteiger partial charge is 0.480 e. The molecule has 0 saturated heterocycles. The molecule has 112 valence electrons. The maximum atomic E-state index is 12.4. The molecule has 1 amide bonds. The Labute approximate surface area is 123 Å². The molecule has 0 bridgehead atoms. The molecule has 1 heterocycles. The first kappa shape index (κ1) is 15.1. The zero-order valence-electron chi connectivity index (χ0n) is 12.5. The number of aryl methyl sites for hydroxylation is 1. The number of benzene rings is 1. The first-order valence-corrected chi connectivity index (χ1v) is 7.03. The number of para-hydroxylation sites is 1. The number of hydrogen-bond donors (Lipinski definition) is 2. The summed E-state index contributed by atoms with van der Waals surface area (Å²) in [4.78, 5) is 23.7. The Morgan fingerprint density at radius 2 is 2.00 bits per heavy atom. The van der Waals surface area contributed by atoms with Crippen LogP contribution < -0.4 is 5.32 Å². The van der Waals surface area contributed by atoms with Crippen LogP contribution >= 0.6 is 0 Å². The number of fused-ring (bicyclic) bond motifs is 1. The Hall–Kier alpha value is -2.30. The number of carboxylic acids is 1. The van der Waals surface area contributed by atoms with E-state index >= 15 is 0 Å². The van der Waals surface area contributed by atoms with Gasteiger partial charge in [0, 0.05) is 18.0 Å². The standard InChI is InChI=1S/C16H20N2O3/c1-4-10(2)14(16(20)21)17-15(19)13-9-11-7-5-6-8-12(11)18(13)3/h5-10,14H,4H2,1-3H3,(H,17,19)(H,20,21). The number of aliphatic carboxylic acids is 1. The normalized spacial score (nSPS) is 13.9. The number of carbonyl (C=O) groups is 2. The zero-order valence-corrected chi connectivity index (χ0v) is 12.5. The van der Waals surface area contributed by atoms with Gasteiger partial charge in [-0.1, -0.05) is 38.5 Å². The molecule has 1 aromatic heterocycles. The molecule has 2 N–H and O–H groups in total. The van der Waals surface area contributed by atoms with Gasteiger partial charge in [0.25, 0.3) is 5.91 Å². The van der Waals surface area contributed by atoms with E-state index < -0.39 is 12.0 Å². The van der Waals surface area contributed by atoms with Gasteiger partial charge in [0.05, 0.1) is 0 Å². The van der Waals surface area contributed by atoms with Gasteiger partial charge < -0.3 is 15.0 Å². The van der Waals surface area contributed by atoms with Crippen LogP contribution in [-0.2, 0) is 11.8 Å². The van der Waals surface area contributed by atoms with Crippen LogP contribution in [0.3, 0.4) is 0 Å². The highest BCUT2D eigenvalue weighted by molar-refractivity contribution is 6.00. The molecule has 2 atom stereocenters. The van der Waals surface area contributed by atoms with Gasteiger partial charge >= 0.3 is 5.97 Å². The molecule has 2 unspecified atom stereocenters. The summed E-state index contributed by atoms with van der Waals surface area (Å²) in [7, 11) is 1.80. The first-order chi connectivity index (χ1) is 9.95. The summed E-state index contributed by atoms with van der Waals surface area (Å²) < 4.78 is 1.78. The van der Waals surface area contributed by atoms with Crippen molar-refractivity contribution in [3.8, 4) is 0 Å². The molecule has 0 fully saturated rings. The predicted octanol–water partition coefficient (Wildman–Crippen LogP) is 2.41. The summed E-state index contributed by atoms with van der Waals surface area (Å²) in [5.74, 6) is -1.49. The van der Waals surface area contributed by atoms with Gasteiger partial charge in [-0.05, 0) is 18.1 Å². The van der Waals surface area contributed by atoms with Crippen LogP contribution in [0.25, 0.3) is 10.9 Å². The van der Waals surface area contributed by atoms with Gasteiger partial charge in [0.1, 0.15) is 11.7 Å². The van der Waals surface area contributed by atoms with Gasteiger partial charge in [-0.25, -0.2) is 4.79 Å². The molecule has 2 rings (SSSR count). The summed E-state index contributed by atoms with van der Waals surface area (Å²) >= 11 is 0. The van der Waals surface area contributed by atoms with Crippen LogP contribution in [-0.4, -0.2) is 27.6 Å². The lowest BCUT2D eigenvalue weighted by molar-refractivity contribution is -0.140. The number of rotatable bonds is 5. The average Bonchev–Trinajstić information content (AvgIpc) is 2.81. The molecular formula is C16H20N2O3. The molecule has 21 heavy (non-hydrogen) atoms. The van der Waals surface area contributed by atoms with Gasteiger partial charge in [-0.3, -0.25) is 4.79 Å². The Morgan fingerprint density at radius 1 is 1.33 bits per heavy atom. The molecule has 0 aliphatic heterocycles. The van der Waals surface area contributed by atoms with Crippen molar-refractivity contribution in [2.75, 3.05) is 0 Å². The number of nitrogens with zero attached hydrogens (tertiary/aromatic N) is 1. The second kappa shape index (κ2) is 5.99. The van der Waals surface area contributed by atoms with E-state index in [-0.39, 0.29) is 11.8 Å². The number of carbonyl (C=O) groups excluding carboxylic acids is 1. The third-order valence-electron chi connectivity index (χ3n) is 3.95. The number of amides is 1. The van der Waals surface area contributed by atoms with Crippen LogP contribution in [0.4, 0.5) is 0 Å². The molecule has 0 spiro atoms. The van der Waals surface area contributed by atoms with Crippen molar-refractivity contribution in [2.45, 2.75) is 26.3 Å². The minimum atomic E-state index is -1.00. The van der Waals surface area contributed by atoms with Crippen LogP contribution in [0.5, 0.6) is 0 Å². The lowest BCUT2D eigenvalue weighted by atomic mass is 9.99. The van der Waals surface area contributed by atoms with Crippen molar-refractivity contribution in [3.05, 3.63) is 36.0 Å². The van der Waals surface area contributed by atoms with Crippen molar-refractivity contribution in [1.29, 1.82) is 0 Å². The van der Waals surface area contributed by atoms with Gasteiger partial charge in [-0.2, -0.15) is 0 Å². The highest BCUT2D eigenvalue weighted by Gasteiger charge is 2.26. The lowest BCUT2D eigenvalue weighted by Gasteiger charge is -2.20. The lowest BCUT2D eigenvalue weighted by Crippen LogP contribution is -2.45. The third kappa shape index (κ3) is 2.91. The molecule has 5 nitrogen and oxygen atoms in total. The molecule has 2 aromatic rings. The smallest absolute Gasteiger partial charge is 0.326 e. The van der Waals surface area contributed by atoms with E-state index in [1.165, 1.54) is 0 Å². The Balaban J connectivity index is 2.29. The molecule has 5 heteroatoms. The Morgan fingerprint density at radius 3 is 2.57 bits per heavy atom. The van der Waals surface area contributed by atoms with Gasteiger partial charge in [0.15, 0.2) is 0 Å². The second-order valence-electron chi connectivity index (χ2n) is 5.32. The van der Waals surface area contributed by atoms with E-state index in [9.17, 15) is 14.7 Å². The Kier molecular flexibility index (Phi) is 4.31. The topological polar surface area (TPSA) is 71.3 Å². The second-order valence-corrected chi connectivity index (χ2v) is 5.32. The predicted molar refractivity (Wildman–Crippen MR) is 81.3 cm³/mol. The fourth-order valence-corrected chi connectivity index (χ4v) is 2.41. The van der Waals surface area contributed by atoms with E-state index in [1.807, 2.05) is 38.1 Å². The molecule has 0 radical (unpaired) electrons. The fraction of sp³-hybridized carbons (Fsp3) is 0.375. The van der Waals surface area contributed by atoms with E-state index in [4.69, 9.17) is 0 Å². The summed E-state index contributed by atoms with van der Waals surface area (Å²) in [6.07, 6.45) is 0.687. The number of carboxylic acid groups (broad SMARTS) is 1. The van der Waals surface area contributed by atoms with Gasteiger partial charge in [-0.15, -0.1) is 0 Å². The van der Waals surface area contributed by atoms with E-state index in [0.717, 1.165) is 10.9 Å². The van der Waals surface area contributed by atoms with Crippen molar-refractivity contribution in [2.24, 2.45) is 13.0 Å². The van der Waals surface area contributed by atoms with E-state index in [0.29, 0.717) is 12.1 Å². The number of hydrogen-bond acceptors (Lipinski definition) is 2. The highest BCUT2D eigenvalue weighted by atomic mass is 16.4. The number of aromatic nitrogens is 1. The Bertz CT molecular complexity index is 675. The molecule has 1 aromatic carbocycles. The van der Waals surface area contributed by atoms with Crippen molar-refractivity contribution < 1.29 is 14.7 Å². The molecular weight excluding hydrogens is 268 g/mol. The summed E-state index contributed by atoms with van der Waals surface area (Å²) in [6.45, 7) is 3.73. The van der Waals surface area contributed by atoms with Crippen LogP contribution in [0, 0.1) is 5.92 Å². The minimum absolute atomic E-state index is 0.124. The SMILES string of the molecule is CCC(C)C(NC(=O)c1cc2ccccc2n1C)C(=O)O. The maximum absolute atomic E-state index is 12.4. The zero-order chi connectivity index (χ0) is 15.6. The van der Waals surface area contributed by atoms with Crippen LogP contribution in [0.2, 0.25) is 0 Å². The summed E-state index contributed by atoms with van der Waals surface area (Å²) in [5.41, 5.74) is 1.41. The van der Waals surface area contributed by atoms with Crippen LogP contribution in [0.1, 0.15) is 30.8 Å². The van der Waals surface area contributed by atoms with Crippen molar-refractivity contribution in [3.63, 3.8) is 0 Å². The fourth-order valence-electron chi connectivity index (χ4n) is 2.41. The molecule has 0 saturated carbocycles. The third-order valence-corrected chi connectivity index (χ3v) is 3.95. The van der Waals surface area contributed by atoms with E-state index in [1.54, 1.807) is 17.7 Å².